The zero-order valence-electron chi connectivity index (χ0n) is 5.36. The molecule has 1 atom stereocenters. The van der Waals surface area contributed by atoms with Gasteiger partial charge in [0, 0.05) is 6.42 Å². The minimum atomic E-state index is -1.02. The highest BCUT2D eigenvalue weighted by Crippen LogP contribution is 2.03. The first-order chi connectivity index (χ1) is 4.16. The van der Waals surface area contributed by atoms with Crippen molar-refractivity contribution in [2.24, 2.45) is 0 Å². The van der Waals surface area contributed by atoms with Crippen LogP contribution in [-0.4, -0.2) is 17.8 Å². The minimum Gasteiger partial charge on any atom is -0.300 e. The van der Waals surface area contributed by atoms with E-state index in [0.29, 0.717) is 6.42 Å². The first-order valence-corrected chi connectivity index (χ1v) is 3.39. The second-order valence-electron chi connectivity index (χ2n) is 1.99. The first kappa shape index (κ1) is 8.89. The van der Waals surface area contributed by atoms with Crippen molar-refractivity contribution in [1.29, 1.82) is 0 Å². The van der Waals surface area contributed by atoms with E-state index in [9.17, 15) is 9.18 Å². The molecular weight excluding hydrogens is 143 g/mol. The molecule has 0 aromatic heterocycles. The van der Waals surface area contributed by atoms with Crippen LogP contribution in [0.2, 0.25) is 0 Å². The molecule has 0 bridgehead atoms. The summed E-state index contributed by atoms with van der Waals surface area (Å²) in [6.45, 7) is 1.45. The van der Waals surface area contributed by atoms with Gasteiger partial charge in [-0.1, -0.05) is 0 Å². The molecule has 0 heterocycles. The predicted molar refractivity (Wildman–Crippen MR) is 35.5 cm³/mol. The van der Waals surface area contributed by atoms with Crippen molar-refractivity contribution < 1.29 is 9.18 Å². The standard InChI is InChI=1S/C6H10ClFO/c1-5(9)2-3-6(8)4-7/h6H,2-4H2,1H3. The zero-order valence-corrected chi connectivity index (χ0v) is 6.12. The van der Waals surface area contributed by atoms with Crippen LogP contribution in [0, 0.1) is 0 Å². The second-order valence-corrected chi connectivity index (χ2v) is 2.30. The highest BCUT2D eigenvalue weighted by molar-refractivity contribution is 6.18. The van der Waals surface area contributed by atoms with E-state index in [1.807, 2.05) is 0 Å². The van der Waals surface area contributed by atoms with Gasteiger partial charge in [-0.15, -0.1) is 11.6 Å². The summed E-state index contributed by atoms with van der Waals surface area (Å²) < 4.78 is 12.2. The lowest BCUT2D eigenvalue weighted by Crippen LogP contribution is -2.03. The molecule has 1 unspecified atom stereocenters. The lowest BCUT2D eigenvalue weighted by atomic mass is 10.2. The lowest BCUT2D eigenvalue weighted by Gasteiger charge is -1.99. The zero-order chi connectivity index (χ0) is 7.28. The van der Waals surface area contributed by atoms with E-state index in [4.69, 9.17) is 11.6 Å². The highest BCUT2D eigenvalue weighted by atomic mass is 35.5. The molecule has 1 nitrogen and oxygen atoms in total. The topological polar surface area (TPSA) is 17.1 Å². The molecule has 0 N–H and O–H groups in total. The van der Waals surface area contributed by atoms with Crippen molar-refractivity contribution in [3.8, 4) is 0 Å². The predicted octanol–water partition coefficient (Wildman–Crippen LogP) is 1.93. The molecule has 0 aromatic rings. The van der Waals surface area contributed by atoms with E-state index < -0.39 is 6.17 Å². The fraction of sp³-hybridized carbons (Fsp3) is 0.833. The Balaban J connectivity index is 3.16. The van der Waals surface area contributed by atoms with Crippen LogP contribution in [0.1, 0.15) is 19.8 Å². The van der Waals surface area contributed by atoms with E-state index in [-0.39, 0.29) is 18.1 Å². The number of ketones is 1. The Morgan fingerprint density at radius 3 is 2.67 bits per heavy atom. The van der Waals surface area contributed by atoms with Crippen molar-refractivity contribution in [3.05, 3.63) is 0 Å². The lowest BCUT2D eigenvalue weighted by molar-refractivity contribution is -0.117. The minimum absolute atomic E-state index is 0.00667. The molecule has 0 fully saturated rings. The van der Waals surface area contributed by atoms with Crippen molar-refractivity contribution >= 4 is 17.4 Å². The Kier molecular flexibility index (Phi) is 4.68. The van der Waals surface area contributed by atoms with Gasteiger partial charge in [0.15, 0.2) is 0 Å². The molecule has 0 aliphatic carbocycles. The van der Waals surface area contributed by atoms with Crippen LogP contribution in [0.5, 0.6) is 0 Å². The van der Waals surface area contributed by atoms with Gasteiger partial charge in [0.05, 0.1) is 5.88 Å². The van der Waals surface area contributed by atoms with Crippen LogP contribution in [0.4, 0.5) is 4.39 Å². The Hall–Kier alpha value is -0.110. The highest BCUT2D eigenvalue weighted by Gasteiger charge is 2.04. The van der Waals surface area contributed by atoms with Gasteiger partial charge in [0.2, 0.25) is 0 Å². The number of hydrogen-bond acceptors (Lipinski definition) is 1. The molecule has 0 radical (unpaired) electrons. The molecule has 0 saturated carbocycles. The molecule has 9 heavy (non-hydrogen) atoms. The fourth-order valence-electron chi connectivity index (χ4n) is 0.437. The molecule has 0 saturated heterocycles. The van der Waals surface area contributed by atoms with Crippen LogP contribution >= 0.6 is 11.6 Å². The molecule has 0 aliphatic heterocycles. The quantitative estimate of drug-likeness (QED) is 0.563. The molecule has 54 valence electrons. The Labute approximate surface area is 59.2 Å². The number of hydrogen-bond donors (Lipinski definition) is 0. The average molecular weight is 153 g/mol. The molecule has 0 aliphatic rings. The first-order valence-electron chi connectivity index (χ1n) is 2.86. The summed E-state index contributed by atoms with van der Waals surface area (Å²) in [5.41, 5.74) is 0. The number of carbonyl (C=O) groups is 1. The Bertz CT molecular complexity index is 95.1. The van der Waals surface area contributed by atoms with Crippen LogP contribution in [0.15, 0.2) is 0 Å². The number of rotatable bonds is 4. The largest absolute Gasteiger partial charge is 0.300 e. The number of halogens is 2. The average Bonchev–Trinajstić information content (AvgIpc) is 1.83. The van der Waals surface area contributed by atoms with Gasteiger partial charge in [-0.3, -0.25) is 0 Å². The summed E-state index contributed by atoms with van der Waals surface area (Å²) >= 11 is 5.15. The van der Waals surface area contributed by atoms with Crippen molar-refractivity contribution in [3.63, 3.8) is 0 Å². The van der Waals surface area contributed by atoms with Crippen LogP contribution in [0.3, 0.4) is 0 Å². The maximum Gasteiger partial charge on any atom is 0.129 e. The summed E-state index contributed by atoms with van der Waals surface area (Å²) in [4.78, 5) is 10.3. The van der Waals surface area contributed by atoms with Crippen LogP contribution in [0.25, 0.3) is 0 Å². The normalized spacial score (nSPS) is 13.2. The number of carbonyl (C=O) groups excluding carboxylic acids is 1. The van der Waals surface area contributed by atoms with Crippen molar-refractivity contribution in [1.82, 2.24) is 0 Å². The van der Waals surface area contributed by atoms with E-state index in [1.165, 1.54) is 6.92 Å². The second kappa shape index (κ2) is 4.74. The fourth-order valence-corrected chi connectivity index (χ4v) is 0.591. The number of Topliss-reactive ketones (excluding diaryl/α,β-unsaturated/α-hetero) is 1. The molecular formula is C6H10ClFO. The molecule has 0 spiro atoms. The van der Waals surface area contributed by atoms with Gasteiger partial charge in [0.25, 0.3) is 0 Å². The van der Waals surface area contributed by atoms with Crippen molar-refractivity contribution in [2.45, 2.75) is 25.9 Å². The monoisotopic (exact) mass is 152 g/mol. The molecule has 0 amide bonds. The number of alkyl halides is 2. The van der Waals surface area contributed by atoms with Gasteiger partial charge >= 0.3 is 0 Å². The van der Waals surface area contributed by atoms with Crippen LogP contribution < -0.4 is 0 Å². The van der Waals surface area contributed by atoms with Gasteiger partial charge in [-0.2, -0.15) is 0 Å². The Morgan fingerprint density at radius 1 is 1.78 bits per heavy atom. The van der Waals surface area contributed by atoms with E-state index in [2.05, 4.69) is 0 Å². The van der Waals surface area contributed by atoms with Crippen molar-refractivity contribution in [2.75, 3.05) is 5.88 Å². The maximum absolute atomic E-state index is 12.2. The van der Waals surface area contributed by atoms with Gasteiger partial charge in [-0.25, -0.2) is 4.39 Å². The smallest absolute Gasteiger partial charge is 0.129 e. The third kappa shape index (κ3) is 5.77. The van der Waals surface area contributed by atoms with Crippen LogP contribution in [-0.2, 0) is 4.79 Å². The summed E-state index contributed by atoms with van der Waals surface area (Å²) in [5, 5.41) is 0. The summed E-state index contributed by atoms with van der Waals surface area (Å²) in [7, 11) is 0. The van der Waals surface area contributed by atoms with E-state index >= 15 is 0 Å². The summed E-state index contributed by atoms with van der Waals surface area (Å²) in [5.74, 6) is 0.00978. The SMILES string of the molecule is CC(=O)CCC(F)CCl. The summed E-state index contributed by atoms with van der Waals surface area (Å²) in [6.07, 6.45) is -0.456. The van der Waals surface area contributed by atoms with Gasteiger partial charge in [0.1, 0.15) is 12.0 Å². The third-order valence-corrected chi connectivity index (χ3v) is 1.31. The summed E-state index contributed by atoms with van der Waals surface area (Å²) in [6, 6.07) is 0. The Morgan fingerprint density at radius 2 is 2.33 bits per heavy atom. The molecule has 0 aromatic carbocycles. The van der Waals surface area contributed by atoms with Gasteiger partial charge in [-0.05, 0) is 13.3 Å². The maximum atomic E-state index is 12.2. The molecule has 0 rings (SSSR count). The van der Waals surface area contributed by atoms with Gasteiger partial charge < -0.3 is 4.79 Å². The van der Waals surface area contributed by atoms with E-state index in [1.54, 1.807) is 0 Å². The van der Waals surface area contributed by atoms with E-state index in [0.717, 1.165) is 0 Å². The third-order valence-electron chi connectivity index (χ3n) is 0.977. The molecule has 3 heteroatoms.